The number of nitrogens with zero attached hydrogens (tertiary/aromatic N) is 1. The van der Waals surface area contributed by atoms with Crippen molar-refractivity contribution >= 4 is 28.0 Å². The summed E-state index contributed by atoms with van der Waals surface area (Å²) in [5.41, 5.74) is 2.92. The Hall–Kier alpha value is -1.26. The maximum Gasteiger partial charge on any atom is 0.144 e. The summed E-state index contributed by atoms with van der Waals surface area (Å²) in [6.07, 6.45) is 1.90. The molecule has 0 saturated carbocycles. The minimum absolute atomic E-state index is 0.326. The molecule has 0 saturated heterocycles. The Labute approximate surface area is 111 Å². The Bertz CT molecular complexity index is 581. The number of benzene rings is 1. The van der Waals surface area contributed by atoms with E-state index >= 15 is 0 Å². The van der Waals surface area contributed by atoms with Gasteiger partial charge in [-0.2, -0.15) is 0 Å². The first-order valence-electron chi connectivity index (χ1n) is 5.93. The highest BCUT2D eigenvalue weighted by Crippen LogP contribution is 2.22. The molecular weight excluding hydrogens is 244 g/mol. The van der Waals surface area contributed by atoms with Crippen LogP contribution in [-0.2, 0) is 11.4 Å². The lowest BCUT2D eigenvalue weighted by Gasteiger charge is -2.18. The van der Waals surface area contributed by atoms with Gasteiger partial charge in [0.2, 0.25) is 0 Å². The summed E-state index contributed by atoms with van der Waals surface area (Å²) in [6, 6.07) is 8.03. The predicted molar refractivity (Wildman–Crippen MR) is 78.4 cm³/mol. The quantitative estimate of drug-likeness (QED) is 0.654. The highest BCUT2D eigenvalue weighted by Gasteiger charge is 2.26. The molecule has 2 aromatic rings. The van der Waals surface area contributed by atoms with E-state index in [0.29, 0.717) is 0 Å². The van der Waals surface area contributed by atoms with E-state index in [1.165, 1.54) is 0 Å². The number of fused-ring (bicyclic) bond motifs is 1. The molecule has 0 aliphatic heterocycles. The highest BCUT2D eigenvalue weighted by atomic mass is 32.2. The van der Waals surface area contributed by atoms with Gasteiger partial charge in [0.15, 0.2) is 0 Å². The van der Waals surface area contributed by atoms with Gasteiger partial charge in [-0.15, -0.1) is 0 Å². The molecule has 2 rings (SSSR count). The molecule has 1 atom stereocenters. The van der Waals surface area contributed by atoms with Crippen LogP contribution in [0, 0.1) is 0 Å². The van der Waals surface area contributed by atoms with Crippen molar-refractivity contribution in [3.63, 3.8) is 0 Å². The molecule has 0 aliphatic rings. The SMILES string of the molecule is C/C(=N/[S+]([O-])C(C)(C)C)c1cccc2[nH]ccc12. The zero-order valence-corrected chi connectivity index (χ0v) is 12.0. The average Bonchev–Trinajstić information content (AvgIpc) is 2.74. The molecule has 0 radical (unpaired) electrons. The molecule has 0 fully saturated rings. The van der Waals surface area contributed by atoms with E-state index in [-0.39, 0.29) is 4.75 Å². The van der Waals surface area contributed by atoms with Crippen molar-refractivity contribution in [3.05, 3.63) is 36.0 Å². The number of H-pyrrole nitrogens is 1. The zero-order chi connectivity index (χ0) is 13.3. The van der Waals surface area contributed by atoms with E-state index in [1.807, 2.05) is 58.2 Å². The van der Waals surface area contributed by atoms with Crippen LogP contribution < -0.4 is 0 Å². The monoisotopic (exact) mass is 262 g/mol. The van der Waals surface area contributed by atoms with Crippen molar-refractivity contribution < 1.29 is 4.55 Å². The number of rotatable bonds is 2. The van der Waals surface area contributed by atoms with E-state index in [0.717, 1.165) is 22.2 Å². The van der Waals surface area contributed by atoms with Gasteiger partial charge in [-0.1, -0.05) is 16.5 Å². The number of nitrogens with one attached hydrogen (secondary N) is 1. The molecule has 1 aromatic carbocycles. The first-order valence-corrected chi connectivity index (χ1v) is 7.04. The Morgan fingerprint density at radius 3 is 2.67 bits per heavy atom. The summed E-state index contributed by atoms with van der Waals surface area (Å²) < 4.78 is 16.0. The molecule has 1 aromatic heterocycles. The Morgan fingerprint density at radius 1 is 1.28 bits per heavy atom. The van der Waals surface area contributed by atoms with Gasteiger partial charge in [-0.25, -0.2) is 0 Å². The molecule has 96 valence electrons. The van der Waals surface area contributed by atoms with Crippen molar-refractivity contribution in [1.82, 2.24) is 4.98 Å². The van der Waals surface area contributed by atoms with Gasteiger partial charge >= 0.3 is 0 Å². The minimum atomic E-state index is -1.22. The maximum absolute atomic E-state index is 12.0. The van der Waals surface area contributed by atoms with Crippen molar-refractivity contribution in [2.24, 2.45) is 4.40 Å². The second kappa shape index (κ2) is 4.78. The van der Waals surface area contributed by atoms with Crippen LogP contribution in [0.5, 0.6) is 0 Å². The largest absolute Gasteiger partial charge is 0.591 e. The third kappa shape index (κ3) is 2.60. The first kappa shape index (κ1) is 13.2. The van der Waals surface area contributed by atoms with Gasteiger partial charge < -0.3 is 9.54 Å². The third-order valence-electron chi connectivity index (χ3n) is 2.73. The highest BCUT2D eigenvalue weighted by molar-refractivity contribution is 7.91. The van der Waals surface area contributed by atoms with Crippen LogP contribution in [0.2, 0.25) is 0 Å². The van der Waals surface area contributed by atoms with Crippen molar-refractivity contribution in [2.75, 3.05) is 0 Å². The molecule has 18 heavy (non-hydrogen) atoms. The number of aromatic amines is 1. The fourth-order valence-corrected chi connectivity index (χ4v) is 2.33. The summed E-state index contributed by atoms with van der Waals surface area (Å²) in [4.78, 5) is 3.17. The lowest BCUT2D eigenvalue weighted by Crippen LogP contribution is -2.26. The molecule has 0 aliphatic carbocycles. The van der Waals surface area contributed by atoms with Crippen molar-refractivity contribution in [1.29, 1.82) is 0 Å². The fourth-order valence-electron chi connectivity index (χ4n) is 1.71. The van der Waals surface area contributed by atoms with Crippen LogP contribution in [0.15, 0.2) is 34.9 Å². The second-order valence-electron chi connectivity index (χ2n) is 5.28. The van der Waals surface area contributed by atoms with Crippen molar-refractivity contribution in [3.8, 4) is 0 Å². The third-order valence-corrected chi connectivity index (χ3v) is 4.22. The first-order chi connectivity index (χ1) is 8.39. The van der Waals surface area contributed by atoms with E-state index in [4.69, 9.17) is 0 Å². The average molecular weight is 262 g/mol. The topological polar surface area (TPSA) is 51.2 Å². The molecule has 3 nitrogen and oxygen atoms in total. The van der Waals surface area contributed by atoms with Crippen LogP contribution >= 0.6 is 0 Å². The van der Waals surface area contributed by atoms with Gasteiger partial charge in [0, 0.05) is 22.7 Å². The normalized spacial score (nSPS) is 15.1. The summed E-state index contributed by atoms with van der Waals surface area (Å²) in [7, 11) is 0. The van der Waals surface area contributed by atoms with E-state index in [9.17, 15) is 4.55 Å². The van der Waals surface area contributed by atoms with Crippen molar-refractivity contribution in [2.45, 2.75) is 32.4 Å². The van der Waals surface area contributed by atoms with Gasteiger partial charge in [0.1, 0.15) is 16.1 Å². The van der Waals surface area contributed by atoms with Gasteiger partial charge in [0.25, 0.3) is 0 Å². The van der Waals surface area contributed by atoms with Crippen LogP contribution in [-0.4, -0.2) is 20.0 Å². The summed E-state index contributed by atoms with van der Waals surface area (Å²) in [5.74, 6) is 0. The van der Waals surface area contributed by atoms with Crippen LogP contribution in [0.4, 0.5) is 0 Å². The lowest BCUT2D eigenvalue weighted by atomic mass is 10.1. The molecule has 0 bridgehead atoms. The minimum Gasteiger partial charge on any atom is -0.591 e. The Morgan fingerprint density at radius 2 is 2.00 bits per heavy atom. The Kier molecular flexibility index (Phi) is 3.50. The second-order valence-corrected chi connectivity index (χ2v) is 7.19. The van der Waals surface area contributed by atoms with Gasteiger partial charge in [-0.3, -0.25) is 0 Å². The molecule has 0 amide bonds. The number of hydrogen-bond acceptors (Lipinski definition) is 2. The van der Waals surface area contributed by atoms with Crippen LogP contribution in [0.25, 0.3) is 10.9 Å². The predicted octanol–water partition coefficient (Wildman–Crippen LogP) is 3.44. The summed E-state index contributed by atoms with van der Waals surface area (Å²) in [6.45, 7) is 7.69. The number of aromatic nitrogens is 1. The standard InChI is InChI=1S/C14H18N2OS/c1-10(16-18(17)14(2,3)4)11-6-5-7-13-12(11)8-9-15-13/h5-9,15H,1-4H3/b16-10-. The van der Waals surface area contributed by atoms with Gasteiger partial charge in [0.05, 0.1) is 5.71 Å². The van der Waals surface area contributed by atoms with E-state index < -0.39 is 11.4 Å². The molecule has 0 spiro atoms. The number of hydrogen-bond donors (Lipinski definition) is 1. The molecule has 1 heterocycles. The summed E-state index contributed by atoms with van der Waals surface area (Å²) in [5, 5.41) is 1.12. The van der Waals surface area contributed by atoms with Crippen LogP contribution in [0.3, 0.4) is 0 Å². The maximum atomic E-state index is 12.0. The zero-order valence-electron chi connectivity index (χ0n) is 11.2. The van der Waals surface area contributed by atoms with E-state index in [1.54, 1.807) is 0 Å². The molecule has 4 heteroatoms. The lowest BCUT2D eigenvalue weighted by molar-refractivity contribution is 0.561. The molecule has 1 N–H and O–H groups in total. The Balaban J connectivity index is 2.42. The molecule has 1 unspecified atom stereocenters. The van der Waals surface area contributed by atoms with E-state index in [2.05, 4.69) is 9.38 Å². The fraction of sp³-hybridized carbons (Fsp3) is 0.357. The molecular formula is C14H18N2OS. The smallest absolute Gasteiger partial charge is 0.144 e. The summed E-state index contributed by atoms with van der Waals surface area (Å²) >= 11 is -1.22. The van der Waals surface area contributed by atoms with Gasteiger partial charge in [-0.05, 0) is 39.8 Å². The van der Waals surface area contributed by atoms with Crippen LogP contribution in [0.1, 0.15) is 33.3 Å².